The van der Waals surface area contributed by atoms with Gasteiger partial charge in [-0.15, -0.1) is 0 Å². The minimum Gasteiger partial charge on any atom is -0.507 e. The van der Waals surface area contributed by atoms with Crippen LogP contribution in [0.2, 0.25) is 0 Å². The Kier molecular flexibility index (Phi) is 3.66. The molecule has 1 aliphatic heterocycles. The quantitative estimate of drug-likeness (QED) is 0.711. The molecule has 0 amide bonds. The average molecular weight is 366 g/mol. The highest BCUT2D eigenvalue weighted by Gasteiger charge is 2.26. The smallest absolute Gasteiger partial charge is 0.197 e. The number of rotatable bonds is 2. The zero-order chi connectivity index (χ0) is 19.3. The summed E-state index contributed by atoms with van der Waals surface area (Å²) in [5.74, 6) is 0.780. The van der Waals surface area contributed by atoms with Crippen LogP contribution >= 0.6 is 0 Å². The Bertz CT molecular complexity index is 1150. The molecule has 1 aliphatic rings. The van der Waals surface area contributed by atoms with Gasteiger partial charge in [-0.3, -0.25) is 4.79 Å². The normalized spacial score (nSPS) is 14.6. The maximum Gasteiger partial charge on any atom is 0.197 e. The number of fused-ring (bicyclic) bond motifs is 3. The Balaban J connectivity index is 2.00. The second-order valence-corrected chi connectivity index (χ2v) is 6.91. The molecule has 138 valence electrons. The van der Waals surface area contributed by atoms with Crippen molar-refractivity contribution in [3.8, 4) is 34.3 Å². The zero-order valence-electron chi connectivity index (χ0n) is 15.1. The molecule has 0 saturated heterocycles. The molecule has 0 aliphatic carbocycles. The molecule has 4 rings (SSSR count). The fourth-order valence-electron chi connectivity index (χ4n) is 3.13. The molecule has 2 heterocycles. The lowest BCUT2D eigenvalue weighted by molar-refractivity contribution is 0.158. The lowest BCUT2D eigenvalue weighted by atomic mass is 9.99. The van der Waals surface area contributed by atoms with E-state index >= 15 is 0 Å². The molecule has 27 heavy (non-hydrogen) atoms. The van der Waals surface area contributed by atoms with E-state index in [0.29, 0.717) is 16.9 Å². The highest BCUT2D eigenvalue weighted by atomic mass is 16.5. The minimum absolute atomic E-state index is 0.0158. The number of benzene rings is 2. The second kappa shape index (κ2) is 5.81. The predicted molar refractivity (Wildman–Crippen MR) is 102 cm³/mol. The van der Waals surface area contributed by atoms with Gasteiger partial charge in [-0.05, 0) is 44.2 Å². The van der Waals surface area contributed by atoms with E-state index in [1.165, 1.54) is 25.3 Å². The van der Waals surface area contributed by atoms with Crippen LogP contribution in [0.25, 0.3) is 28.4 Å². The van der Waals surface area contributed by atoms with Crippen molar-refractivity contribution in [2.24, 2.45) is 0 Å². The number of hydrogen-bond donors (Lipinski definition) is 2. The van der Waals surface area contributed by atoms with E-state index < -0.39 is 5.60 Å². The van der Waals surface area contributed by atoms with E-state index in [-0.39, 0.29) is 39.4 Å². The maximum absolute atomic E-state index is 12.7. The second-order valence-electron chi connectivity index (χ2n) is 6.91. The van der Waals surface area contributed by atoms with Crippen LogP contribution in [0.5, 0.6) is 23.0 Å². The molecule has 0 spiro atoms. The van der Waals surface area contributed by atoms with Crippen molar-refractivity contribution in [2.75, 3.05) is 7.11 Å². The molecule has 6 nitrogen and oxygen atoms in total. The summed E-state index contributed by atoms with van der Waals surface area (Å²) in [6.07, 6.45) is 3.69. The first kappa shape index (κ1) is 17.0. The number of phenols is 2. The van der Waals surface area contributed by atoms with Gasteiger partial charge in [0.05, 0.1) is 12.7 Å². The van der Waals surface area contributed by atoms with Gasteiger partial charge in [0.1, 0.15) is 28.2 Å². The van der Waals surface area contributed by atoms with Gasteiger partial charge in [-0.2, -0.15) is 0 Å². The molecular weight excluding hydrogens is 348 g/mol. The maximum atomic E-state index is 12.7. The fourth-order valence-corrected chi connectivity index (χ4v) is 3.13. The number of methoxy groups -OCH3 is 1. The van der Waals surface area contributed by atoms with E-state index in [4.69, 9.17) is 13.9 Å². The molecule has 0 bridgehead atoms. The van der Waals surface area contributed by atoms with E-state index in [2.05, 4.69) is 0 Å². The number of aromatic hydroxyl groups is 2. The zero-order valence-corrected chi connectivity index (χ0v) is 15.1. The summed E-state index contributed by atoms with van der Waals surface area (Å²) >= 11 is 0. The van der Waals surface area contributed by atoms with Gasteiger partial charge in [-0.25, -0.2) is 0 Å². The van der Waals surface area contributed by atoms with Crippen molar-refractivity contribution in [1.29, 1.82) is 0 Å². The van der Waals surface area contributed by atoms with Crippen molar-refractivity contribution < 1.29 is 24.1 Å². The van der Waals surface area contributed by atoms with Crippen LogP contribution in [0.1, 0.15) is 19.4 Å². The van der Waals surface area contributed by atoms with Crippen LogP contribution in [0.3, 0.4) is 0 Å². The summed E-state index contributed by atoms with van der Waals surface area (Å²) in [6, 6.07) is 7.39. The van der Waals surface area contributed by atoms with Crippen LogP contribution in [0.15, 0.2) is 45.6 Å². The van der Waals surface area contributed by atoms with Gasteiger partial charge in [0.15, 0.2) is 22.5 Å². The Labute approximate surface area is 154 Å². The SMILES string of the molecule is COc1cc(-c2cc(=O)c3c(O)cc4c(c3o2)C=CC(C)(C)O4)ccc1O. The molecule has 1 aromatic heterocycles. The molecule has 2 N–H and O–H groups in total. The van der Waals surface area contributed by atoms with Crippen LogP contribution in [-0.2, 0) is 0 Å². The third-order valence-corrected chi connectivity index (χ3v) is 4.47. The van der Waals surface area contributed by atoms with Gasteiger partial charge in [0.25, 0.3) is 0 Å². The molecule has 0 fully saturated rings. The van der Waals surface area contributed by atoms with Crippen LogP contribution in [0, 0.1) is 0 Å². The van der Waals surface area contributed by atoms with Crippen LogP contribution in [-0.4, -0.2) is 22.9 Å². The van der Waals surface area contributed by atoms with E-state index in [9.17, 15) is 15.0 Å². The first-order valence-electron chi connectivity index (χ1n) is 8.38. The predicted octanol–water partition coefficient (Wildman–Crippen LogP) is 4.06. The fraction of sp³-hybridized carbons (Fsp3) is 0.190. The summed E-state index contributed by atoms with van der Waals surface area (Å²) < 4.78 is 17.0. The molecule has 0 atom stereocenters. The van der Waals surface area contributed by atoms with E-state index in [1.54, 1.807) is 12.1 Å². The summed E-state index contributed by atoms with van der Waals surface area (Å²) in [7, 11) is 1.44. The first-order valence-corrected chi connectivity index (χ1v) is 8.38. The summed E-state index contributed by atoms with van der Waals surface area (Å²) in [5, 5.41) is 20.2. The average Bonchev–Trinajstić information content (AvgIpc) is 2.60. The van der Waals surface area contributed by atoms with Crippen molar-refractivity contribution >= 4 is 17.0 Å². The third kappa shape index (κ3) is 2.79. The van der Waals surface area contributed by atoms with Gasteiger partial charge in [0, 0.05) is 17.7 Å². The largest absolute Gasteiger partial charge is 0.507 e. The molecular formula is C21H18O6. The van der Waals surface area contributed by atoms with Gasteiger partial charge < -0.3 is 24.1 Å². The van der Waals surface area contributed by atoms with Crippen LogP contribution in [0.4, 0.5) is 0 Å². The van der Waals surface area contributed by atoms with Crippen molar-refractivity contribution in [1.82, 2.24) is 0 Å². The Hall–Kier alpha value is -3.41. The lowest BCUT2D eigenvalue weighted by Crippen LogP contribution is -2.27. The van der Waals surface area contributed by atoms with Crippen LogP contribution < -0.4 is 14.9 Å². The van der Waals surface area contributed by atoms with Crippen molar-refractivity contribution in [3.63, 3.8) is 0 Å². The summed E-state index contributed by atoms with van der Waals surface area (Å²) in [4.78, 5) is 12.7. The number of phenolic OH excluding ortho intramolecular Hbond substituents is 2. The topological polar surface area (TPSA) is 89.1 Å². The standard InChI is InChI=1S/C21H18O6/c1-21(2)7-6-12-17(27-21)10-15(24)19-14(23)9-16(26-20(12)19)11-4-5-13(22)18(8-11)25-3/h4-10,22,24H,1-3H3. The summed E-state index contributed by atoms with van der Waals surface area (Å²) in [6.45, 7) is 3.78. The molecule has 0 saturated carbocycles. The van der Waals surface area contributed by atoms with Crippen molar-refractivity contribution in [2.45, 2.75) is 19.4 Å². The highest BCUT2D eigenvalue weighted by Crippen LogP contribution is 2.41. The lowest BCUT2D eigenvalue weighted by Gasteiger charge is -2.28. The molecule has 0 radical (unpaired) electrons. The highest BCUT2D eigenvalue weighted by molar-refractivity contribution is 5.94. The van der Waals surface area contributed by atoms with Gasteiger partial charge in [0.2, 0.25) is 0 Å². The minimum atomic E-state index is -0.532. The molecule has 6 heteroatoms. The van der Waals surface area contributed by atoms with Gasteiger partial charge >= 0.3 is 0 Å². The molecule has 3 aromatic rings. The van der Waals surface area contributed by atoms with Gasteiger partial charge in [-0.1, -0.05) is 0 Å². The Morgan fingerprint density at radius 1 is 1.07 bits per heavy atom. The van der Waals surface area contributed by atoms with E-state index in [1.807, 2.05) is 26.0 Å². The van der Waals surface area contributed by atoms with E-state index in [0.717, 1.165) is 0 Å². The first-order chi connectivity index (χ1) is 12.8. The summed E-state index contributed by atoms with van der Waals surface area (Å²) in [5.41, 5.74) is 0.478. The molecule has 0 unspecified atom stereocenters. The number of hydrogen-bond acceptors (Lipinski definition) is 6. The Morgan fingerprint density at radius 2 is 1.85 bits per heavy atom. The third-order valence-electron chi connectivity index (χ3n) is 4.47. The van der Waals surface area contributed by atoms with Crippen molar-refractivity contribution in [3.05, 3.63) is 52.2 Å². The number of ether oxygens (including phenoxy) is 2. The monoisotopic (exact) mass is 366 g/mol. The molecule has 2 aromatic carbocycles. The Morgan fingerprint density at radius 3 is 2.59 bits per heavy atom.